The Kier molecular flexibility index (Phi) is 3.68. The van der Waals surface area contributed by atoms with Crippen LogP contribution in [-0.2, 0) is 6.42 Å². The van der Waals surface area contributed by atoms with E-state index < -0.39 is 6.43 Å². The highest BCUT2D eigenvalue weighted by atomic mass is 32.1. The number of rotatable bonds is 4. The van der Waals surface area contributed by atoms with Gasteiger partial charge in [-0.1, -0.05) is 12.1 Å². The van der Waals surface area contributed by atoms with Crippen LogP contribution in [0.4, 0.5) is 8.78 Å². The molecule has 2 nitrogen and oxygen atoms in total. The van der Waals surface area contributed by atoms with Crippen LogP contribution in [0.15, 0.2) is 29.6 Å². The smallest absolute Gasteiger partial charge is 0.289 e. The Morgan fingerprint density at radius 1 is 1.29 bits per heavy atom. The van der Waals surface area contributed by atoms with Gasteiger partial charge in [0.25, 0.3) is 6.43 Å². The summed E-state index contributed by atoms with van der Waals surface area (Å²) in [7, 11) is 1.60. The maximum absolute atomic E-state index is 12.3. The van der Waals surface area contributed by atoms with Gasteiger partial charge in [-0.15, -0.1) is 11.3 Å². The summed E-state index contributed by atoms with van der Waals surface area (Å²) < 4.78 is 29.7. The first-order chi connectivity index (χ1) is 8.19. The molecule has 0 saturated carbocycles. The van der Waals surface area contributed by atoms with E-state index in [0.717, 1.165) is 22.6 Å². The molecule has 0 unspecified atom stereocenters. The lowest BCUT2D eigenvalue weighted by molar-refractivity contribution is 0.150. The van der Waals surface area contributed by atoms with Gasteiger partial charge in [-0.2, -0.15) is 0 Å². The number of hydrogen-bond donors (Lipinski definition) is 0. The van der Waals surface area contributed by atoms with Gasteiger partial charge in [-0.05, 0) is 17.7 Å². The zero-order valence-corrected chi connectivity index (χ0v) is 10.0. The molecule has 0 saturated heterocycles. The Morgan fingerprint density at radius 2 is 2.00 bits per heavy atom. The molecule has 5 heteroatoms. The van der Waals surface area contributed by atoms with Crippen molar-refractivity contribution >= 4 is 11.3 Å². The summed E-state index contributed by atoms with van der Waals surface area (Å²) in [5.74, 6) is 0.778. The van der Waals surface area contributed by atoms with Crippen molar-refractivity contribution in [2.24, 2.45) is 0 Å². The van der Waals surface area contributed by atoms with Crippen LogP contribution in [0, 0.1) is 0 Å². The first-order valence-corrected chi connectivity index (χ1v) is 5.92. The van der Waals surface area contributed by atoms with Crippen molar-refractivity contribution in [1.82, 2.24) is 4.98 Å². The number of thiazole rings is 1. The molecule has 1 aromatic heterocycles. The molecule has 0 aliphatic rings. The van der Waals surface area contributed by atoms with Crippen LogP contribution in [0.2, 0.25) is 0 Å². The molecule has 0 bridgehead atoms. The summed E-state index contributed by atoms with van der Waals surface area (Å²) in [6, 6.07) is 7.49. The second-order valence-electron chi connectivity index (χ2n) is 3.50. The fourth-order valence-electron chi connectivity index (χ4n) is 1.46. The lowest BCUT2D eigenvalue weighted by Crippen LogP contribution is -1.90. The number of nitrogens with zero attached hydrogens (tertiary/aromatic N) is 1. The predicted molar refractivity (Wildman–Crippen MR) is 62.9 cm³/mol. The van der Waals surface area contributed by atoms with Crippen molar-refractivity contribution in [1.29, 1.82) is 0 Å². The minimum absolute atomic E-state index is 0.117. The summed E-state index contributed by atoms with van der Waals surface area (Å²) in [6.45, 7) is 0. The van der Waals surface area contributed by atoms with Crippen molar-refractivity contribution < 1.29 is 13.5 Å². The maximum Gasteiger partial charge on any atom is 0.289 e. The number of alkyl halides is 2. The molecule has 0 N–H and O–H groups in total. The van der Waals surface area contributed by atoms with Gasteiger partial charge in [0.1, 0.15) is 5.75 Å². The molecule has 0 radical (unpaired) electrons. The molecule has 1 heterocycles. The van der Waals surface area contributed by atoms with Crippen LogP contribution < -0.4 is 4.74 Å². The fraction of sp³-hybridized carbons (Fsp3) is 0.250. The van der Waals surface area contributed by atoms with E-state index in [0.29, 0.717) is 12.1 Å². The molecule has 0 aliphatic heterocycles. The van der Waals surface area contributed by atoms with E-state index in [1.807, 2.05) is 24.3 Å². The molecule has 2 aromatic rings. The SMILES string of the molecule is COc1ccc(Cc2csc(C(F)F)n2)cc1. The zero-order valence-electron chi connectivity index (χ0n) is 9.19. The highest BCUT2D eigenvalue weighted by molar-refractivity contribution is 7.09. The van der Waals surface area contributed by atoms with Gasteiger partial charge < -0.3 is 4.74 Å². The Hall–Kier alpha value is -1.49. The number of halogens is 2. The third-order valence-electron chi connectivity index (χ3n) is 2.30. The summed E-state index contributed by atoms with van der Waals surface area (Å²) in [6.07, 6.45) is -1.92. The Morgan fingerprint density at radius 3 is 2.53 bits per heavy atom. The molecule has 0 amide bonds. The van der Waals surface area contributed by atoms with E-state index in [9.17, 15) is 8.78 Å². The van der Waals surface area contributed by atoms with Crippen LogP contribution in [-0.4, -0.2) is 12.1 Å². The molecule has 0 aliphatic carbocycles. The number of ether oxygens (including phenoxy) is 1. The van der Waals surface area contributed by atoms with Gasteiger partial charge in [0.05, 0.1) is 12.8 Å². The van der Waals surface area contributed by atoms with E-state index in [-0.39, 0.29) is 5.01 Å². The largest absolute Gasteiger partial charge is 0.497 e. The normalized spacial score (nSPS) is 10.8. The lowest BCUT2D eigenvalue weighted by Gasteiger charge is -2.01. The number of aromatic nitrogens is 1. The van der Waals surface area contributed by atoms with Crippen molar-refractivity contribution in [2.45, 2.75) is 12.8 Å². The van der Waals surface area contributed by atoms with E-state index in [4.69, 9.17) is 4.74 Å². The number of benzene rings is 1. The van der Waals surface area contributed by atoms with Crippen molar-refractivity contribution in [2.75, 3.05) is 7.11 Å². The average Bonchev–Trinajstić information content (AvgIpc) is 2.79. The highest BCUT2D eigenvalue weighted by Gasteiger charge is 2.12. The quantitative estimate of drug-likeness (QED) is 0.831. The average molecular weight is 255 g/mol. The summed E-state index contributed by atoms with van der Waals surface area (Å²) in [5, 5.41) is 1.56. The first kappa shape index (κ1) is 12.0. The van der Waals surface area contributed by atoms with Gasteiger partial charge in [0.15, 0.2) is 5.01 Å². The van der Waals surface area contributed by atoms with E-state index in [2.05, 4.69) is 4.98 Å². The van der Waals surface area contributed by atoms with Crippen LogP contribution in [0.1, 0.15) is 22.7 Å². The topological polar surface area (TPSA) is 22.1 Å². The third-order valence-corrected chi connectivity index (χ3v) is 3.20. The Balaban J connectivity index is 2.08. The van der Waals surface area contributed by atoms with Crippen molar-refractivity contribution in [3.63, 3.8) is 0 Å². The van der Waals surface area contributed by atoms with E-state index >= 15 is 0 Å². The molecule has 2 rings (SSSR count). The van der Waals surface area contributed by atoms with Gasteiger partial charge in [-0.25, -0.2) is 13.8 Å². The van der Waals surface area contributed by atoms with Gasteiger partial charge in [-0.3, -0.25) is 0 Å². The standard InChI is InChI=1S/C12H11F2NOS/c1-16-10-4-2-8(3-5-10)6-9-7-17-12(15-9)11(13)14/h2-5,7,11H,6H2,1H3. The molecule has 17 heavy (non-hydrogen) atoms. The molecular weight excluding hydrogens is 244 g/mol. The highest BCUT2D eigenvalue weighted by Crippen LogP contribution is 2.24. The zero-order chi connectivity index (χ0) is 12.3. The predicted octanol–water partition coefficient (Wildman–Crippen LogP) is 3.68. The second kappa shape index (κ2) is 5.23. The van der Waals surface area contributed by atoms with Crippen LogP contribution in [0.5, 0.6) is 5.75 Å². The summed E-state index contributed by atoms with van der Waals surface area (Å²) >= 11 is 0.999. The lowest BCUT2D eigenvalue weighted by atomic mass is 10.1. The first-order valence-electron chi connectivity index (χ1n) is 5.04. The number of hydrogen-bond acceptors (Lipinski definition) is 3. The van der Waals surface area contributed by atoms with Crippen molar-refractivity contribution in [3.05, 3.63) is 45.9 Å². The summed E-state index contributed by atoms with van der Waals surface area (Å²) in [4.78, 5) is 3.88. The molecule has 90 valence electrons. The molecule has 1 aromatic carbocycles. The van der Waals surface area contributed by atoms with Crippen LogP contribution in [0.3, 0.4) is 0 Å². The molecule has 0 spiro atoms. The van der Waals surface area contributed by atoms with E-state index in [1.165, 1.54) is 0 Å². The van der Waals surface area contributed by atoms with E-state index in [1.54, 1.807) is 12.5 Å². The Labute approximate surface area is 102 Å². The van der Waals surface area contributed by atoms with Crippen molar-refractivity contribution in [3.8, 4) is 5.75 Å². The van der Waals surface area contributed by atoms with Crippen LogP contribution in [0.25, 0.3) is 0 Å². The van der Waals surface area contributed by atoms with Gasteiger partial charge in [0.2, 0.25) is 0 Å². The number of methoxy groups -OCH3 is 1. The minimum Gasteiger partial charge on any atom is -0.497 e. The second-order valence-corrected chi connectivity index (χ2v) is 4.39. The minimum atomic E-state index is -2.48. The monoisotopic (exact) mass is 255 g/mol. The maximum atomic E-state index is 12.3. The van der Waals surface area contributed by atoms with Gasteiger partial charge >= 0.3 is 0 Å². The van der Waals surface area contributed by atoms with Crippen LogP contribution >= 0.6 is 11.3 Å². The third kappa shape index (κ3) is 3.00. The fourth-order valence-corrected chi connectivity index (χ4v) is 2.12. The summed E-state index contributed by atoms with van der Waals surface area (Å²) in [5.41, 5.74) is 1.70. The molecular formula is C12H11F2NOS. The molecule has 0 fully saturated rings. The van der Waals surface area contributed by atoms with Gasteiger partial charge in [0, 0.05) is 11.8 Å². The molecule has 0 atom stereocenters. The Bertz CT molecular complexity index is 482.